The number of carbonyl (C=O) groups excluding carboxylic acids is 2. The number of nitrogens with one attached hydrogen (secondary N) is 1. The van der Waals surface area contributed by atoms with Crippen LogP contribution in [0.1, 0.15) is 22.8 Å². The Kier molecular flexibility index (Phi) is 7.75. The molecule has 2 rings (SSSR count). The fourth-order valence-electron chi connectivity index (χ4n) is 2.06. The summed E-state index contributed by atoms with van der Waals surface area (Å²) >= 11 is 13.0. The molecule has 0 heterocycles. The van der Waals surface area contributed by atoms with Crippen LogP contribution in [0, 0.1) is 5.82 Å². The van der Waals surface area contributed by atoms with Crippen LogP contribution in [0.5, 0.6) is 0 Å². The van der Waals surface area contributed by atoms with E-state index in [1.165, 1.54) is 30.0 Å². The molecule has 0 aromatic heterocycles. The van der Waals surface area contributed by atoms with E-state index in [4.69, 9.17) is 27.9 Å². The fourth-order valence-corrected chi connectivity index (χ4v) is 3.29. The number of esters is 1. The van der Waals surface area contributed by atoms with Crippen LogP contribution in [0.15, 0.2) is 36.4 Å². The summed E-state index contributed by atoms with van der Waals surface area (Å²) < 4.78 is 18.6. The smallest absolute Gasteiger partial charge is 0.339 e. The zero-order chi connectivity index (χ0) is 19.1. The molecule has 4 nitrogen and oxygen atoms in total. The highest BCUT2D eigenvalue weighted by atomic mass is 35.5. The maximum absolute atomic E-state index is 13.7. The van der Waals surface area contributed by atoms with Crippen LogP contribution >= 0.6 is 35.0 Å². The van der Waals surface area contributed by atoms with Crippen molar-refractivity contribution in [2.75, 3.05) is 17.7 Å². The van der Waals surface area contributed by atoms with Gasteiger partial charge in [-0.1, -0.05) is 29.3 Å². The number of thioether (sulfide) groups is 1. The first-order chi connectivity index (χ1) is 12.4. The lowest BCUT2D eigenvalue weighted by molar-refractivity contribution is -0.113. The van der Waals surface area contributed by atoms with Gasteiger partial charge in [-0.15, -0.1) is 11.8 Å². The van der Waals surface area contributed by atoms with Crippen molar-refractivity contribution in [2.45, 2.75) is 12.7 Å². The van der Waals surface area contributed by atoms with Crippen LogP contribution in [0.2, 0.25) is 10.0 Å². The van der Waals surface area contributed by atoms with E-state index in [1.807, 2.05) is 0 Å². The minimum atomic E-state index is -0.518. The summed E-state index contributed by atoms with van der Waals surface area (Å²) in [5.74, 6) is -0.690. The van der Waals surface area contributed by atoms with Gasteiger partial charge in [-0.3, -0.25) is 4.79 Å². The van der Waals surface area contributed by atoms with Crippen molar-refractivity contribution in [3.05, 3.63) is 63.4 Å². The van der Waals surface area contributed by atoms with Crippen LogP contribution < -0.4 is 5.32 Å². The van der Waals surface area contributed by atoms with E-state index in [1.54, 1.807) is 25.1 Å². The van der Waals surface area contributed by atoms with Gasteiger partial charge in [0.2, 0.25) is 5.91 Å². The van der Waals surface area contributed by atoms with Crippen LogP contribution in [0.4, 0.5) is 10.1 Å². The van der Waals surface area contributed by atoms with Crippen molar-refractivity contribution < 1.29 is 18.7 Å². The zero-order valence-electron chi connectivity index (χ0n) is 13.9. The van der Waals surface area contributed by atoms with Crippen LogP contribution in [-0.2, 0) is 15.3 Å². The van der Waals surface area contributed by atoms with Crippen molar-refractivity contribution in [3.8, 4) is 0 Å². The SMILES string of the molecule is CCOC(=O)c1ccc(NC(=O)CSCc2ccc(Cl)cc2F)cc1Cl. The lowest BCUT2D eigenvalue weighted by Crippen LogP contribution is -2.14. The quantitative estimate of drug-likeness (QED) is 0.632. The fraction of sp³-hybridized carbons (Fsp3) is 0.222. The Labute approximate surface area is 165 Å². The minimum Gasteiger partial charge on any atom is -0.462 e. The number of hydrogen-bond donors (Lipinski definition) is 1. The van der Waals surface area contributed by atoms with Gasteiger partial charge in [-0.25, -0.2) is 9.18 Å². The molecule has 0 radical (unpaired) electrons. The molecule has 2 aromatic rings. The topological polar surface area (TPSA) is 55.4 Å². The zero-order valence-corrected chi connectivity index (χ0v) is 16.2. The lowest BCUT2D eigenvalue weighted by atomic mass is 10.2. The van der Waals surface area contributed by atoms with E-state index in [0.29, 0.717) is 22.0 Å². The number of ether oxygens (including phenoxy) is 1. The number of hydrogen-bond acceptors (Lipinski definition) is 4. The van der Waals surface area contributed by atoms with Gasteiger partial charge >= 0.3 is 5.97 Å². The molecule has 0 aliphatic heterocycles. The molecule has 138 valence electrons. The highest BCUT2D eigenvalue weighted by molar-refractivity contribution is 7.99. The standard InChI is InChI=1S/C18H16Cl2FNO3S/c1-2-25-18(24)14-6-5-13(8-15(14)20)22-17(23)10-26-9-11-3-4-12(19)7-16(11)21/h3-8H,2,9-10H2,1H3,(H,22,23). The normalized spacial score (nSPS) is 10.5. The molecule has 0 unspecified atom stereocenters. The van der Waals surface area contributed by atoms with Crippen molar-refractivity contribution in [2.24, 2.45) is 0 Å². The van der Waals surface area contributed by atoms with Gasteiger partial charge in [0.15, 0.2) is 0 Å². The lowest BCUT2D eigenvalue weighted by Gasteiger charge is -2.09. The first-order valence-electron chi connectivity index (χ1n) is 7.69. The molecule has 0 saturated heterocycles. The maximum atomic E-state index is 13.7. The monoisotopic (exact) mass is 415 g/mol. The second-order valence-corrected chi connectivity index (χ2v) is 7.02. The predicted molar refractivity (Wildman–Crippen MR) is 104 cm³/mol. The minimum absolute atomic E-state index is 0.138. The average molecular weight is 416 g/mol. The molecule has 0 aliphatic carbocycles. The summed E-state index contributed by atoms with van der Waals surface area (Å²) in [6, 6.07) is 8.98. The third-order valence-electron chi connectivity index (χ3n) is 3.25. The molecule has 0 fully saturated rings. The molecule has 26 heavy (non-hydrogen) atoms. The molecule has 0 spiro atoms. The molecular formula is C18H16Cl2FNO3S. The molecule has 0 bridgehead atoms. The van der Waals surface area contributed by atoms with E-state index >= 15 is 0 Å². The van der Waals surface area contributed by atoms with Crippen LogP contribution in [-0.4, -0.2) is 24.2 Å². The van der Waals surface area contributed by atoms with Gasteiger partial charge in [-0.05, 0) is 42.8 Å². The largest absolute Gasteiger partial charge is 0.462 e. The van der Waals surface area contributed by atoms with E-state index in [-0.39, 0.29) is 28.9 Å². The second-order valence-electron chi connectivity index (χ2n) is 5.19. The summed E-state index contributed by atoms with van der Waals surface area (Å²) in [6.45, 7) is 1.95. The molecule has 8 heteroatoms. The molecule has 2 aromatic carbocycles. The van der Waals surface area contributed by atoms with Crippen molar-refractivity contribution in [1.82, 2.24) is 0 Å². The van der Waals surface area contributed by atoms with Gasteiger partial charge < -0.3 is 10.1 Å². The third kappa shape index (κ3) is 5.90. The molecule has 1 amide bonds. The summed E-state index contributed by atoms with van der Waals surface area (Å²) in [6.07, 6.45) is 0. The third-order valence-corrected chi connectivity index (χ3v) is 4.78. The molecule has 1 N–H and O–H groups in total. The molecule has 0 atom stereocenters. The number of carbonyl (C=O) groups is 2. The Bertz CT molecular complexity index is 817. The number of amides is 1. The summed E-state index contributed by atoms with van der Waals surface area (Å²) in [4.78, 5) is 23.7. The first kappa shape index (κ1) is 20.6. The van der Waals surface area contributed by atoms with E-state index < -0.39 is 11.8 Å². The molecule has 0 saturated carbocycles. The Morgan fingerprint density at radius 1 is 1.19 bits per heavy atom. The van der Waals surface area contributed by atoms with Gasteiger partial charge in [0.05, 0.1) is 22.9 Å². The Balaban J connectivity index is 1.87. The van der Waals surface area contributed by atoms with E-state index in [9.17, 15) is 14.0 Å². The molecular weight excluding hydrogens is 400 g/mol. The Morgan fingerprint density at radius 2 is 1.96 bits per heavy atom. The summed E-state index contributed by atoms with van der Waals surface area (Å²) in [7, 11) is 0. The number of anilines is 1. The van der Waals surface area contributed by atoms with Crippen LogP contribution in [0.3, 0.4) is 0 Å². The van der Waals surface area contributed by atoms with Gasteiger partial charge in [0, 0.05) is 16.5 Å². The number of rotatable bonds is 7. The van der Waals surface area contributed by atoms with E-state index in [0.717, 1.165) is 0 Å². The van der Waals surface area contributed by atoms with Crippen molar-refractivity contribution >= 4 is 52.5 Å². The summed E-state index contributed by atoms with van der Waals surface area (Å²) in [5, 5.41) is 3.20. The first-order valence-corrected chi connectivity index (χ1v) is 9.60. The highest BCUT2D eigenvalue weighted by Gasteiger charge is 2.13. The summed E-state index contributed by atoms with van der Waals surface area (Å²) in [5.41, 5.74) is 1.18. The van der Waals surface area contributed by atoms with Crippen LogP contribution in [0.25, 0.3) is 0 Å². The van der Waals surface area contributed by atoms with Gasteiger partial charge in [0.1, 0.15) is 5.82 Å². The Hall–Kier alpha value is -1.76. The number of benzene rings is 2. The average Bonchev–Trinajstić information content (AvgIpc) is 2.57. The van der Waals surface area contributed by atoms with Crippen molar-refractivity contribution in [1.29, 1.82) is 0 Å². The molecule has 0 aliphatic rings. The second kappa shape index (κ2) is 9.80. The van der Waals surface area contributed by atoms with Crippen molar-refractivity contribution in [3.63, 3.8) is 0 Å². The highest BCUT2D eigenvalue weighted by Crippen LogP contribution is 2.23. The van der Waals surface area contributed by atoms with Gasteiger partial charge in [0.25, 0.3) is 0 Å². The maximum Gasteiger partial charge on any atom is 0.339 e. The number of halogens is 3. The van der Waals surface area contributed by atoms with Gasteiger partial charge in [-0.2, -0.15) is 0 Å². The van der Waals surface area contributed by atoms with E-state index in [2.05, 4.69) is 5.32 Å². The Morgan fingerprint density at radius 3 is 2.62 bits per heavy atom. The predicted octanol–water partition coefficient (Wildman–Crippen LogP) is 5.18.